The molecule has 2 aliphatic rings. The highest BCUT2D eigenvalue weighted by Crippen LogP contribution is 2.28. The van der Waals surface area contributed by atoms with E-state index in [1.165, 1.54) is 0 Å². The molecule has 6 heteroatoms. The van der Waals surface area contributed by atoms with Gasteiger partial charge in [-0.3, -0.25) is 0 Å². The molecule has 0 aliphatic carbocycles. The van der Waals surface area contributed by atoms with Gasteiger partial charge in [0.2, 0.25) is 0 Å². The Bertz CT molecular complexity index is 488. The van der Waals surface area contributed by atoms with E-state index in [-0.39, 0.29) is 6.03 Å². The number of hydrogen-bond acceptors (Lipinski definition) is 2. The molecular weight excluding hydrogens is 285 g/mol. The lowest BCUT2D eigenvalue weighted by molar-refractivity contribution is 0.206. The molecular formula is C13H15Cl2N3O. The first-order valence-electron chi connectivity index (χ1n) is 6.38. The Kier molecular flexibility index (Phi) is 3.56. The van der Waals surface area contributed by atoms with Crippen molar-refractivity contribution in [2.75, 3.05) is 25.0 Å². The molecule has 2 heterocycles. The van der Waals surface area contributed by atoms with Crippen LogP contribution in [0.5, 0.6) is 0 Å². The number of amides is 2. The van der Waals surface area contributed by atoms with Gasteiger partial charge in [-0.15, -0.1) is 0 Å². The Morgan fingerprint density at radius 3 is 2.74 bits per heavy atom. The average Bonchev–Trinajstić information content (AvgIpc) is 2.87. The van der Waals surface area contributed by atoms with Crippen LogP contribution in [0.1, 0.15) is 6.42 Å². The summed E-state index contributed by atoms with van der Waals surface area (Å²) in [6.45, 7) is 2.71. The van der Waals surface area contributed by atoms with Gasteiger partial charge in [-0.25, -0.2) is 4.79 Å². The van der Waals surface area contributed by atoms with Crippen molar-refractivity contribution in [1.82, 2.24) is 10.2 Å². The molecule has 4 nitrogen and oxygen atoms in total. The number of rotatable bonds is 1. The van der Waals surface area contributed by atoms with Gasteiger partial charge in [0.1, 0.15) is 0 Å². The van der Waals surface area contributed by atoms with E-state index >= 15 is 0 Å². The molecule has 0 saturated carbocycles. The SMILES string of the molecule is O=C(Nc1cc(Cl)cc(Cl)c1)N1CC[C@H]2CNC[C@H]21. The summed E-state index contributed by atoms with van der Waals surface area (Å²) in [4.78, 5) is 14.2. The fourth-order valence-corrected chi connectivity index (χ4v) is 3.45. The highest BCUT2D eigenvalue weighted by atomic mass is 35.5. The summed E-state index contributed by atoms with van der Waals surface area (Å²) in [5.41, 5.74) is 0.636. The van der Waals surface area contributed by atoms with Gasteiger partial charge in [-0.05, 0) is 30.5 Å². The minimum Gasteiger partial charge on any atom is -0.320 e. The van der Waals surface area contributed by atoms with E-state index in [0.717, 1.165) is 26.1 Å². The van der Waals surface area contributed by atoms with Crippen molar-refractivity contribution in [2.45, 2.75) is 12.5 Å². The standard InChI is InChI=1S/C13H15Cl2N3O/c14-9-3-10(15)5-11(4-9)17-13(19)18-2-1-8-6-16-7-12(8)18/h3-5,8,12,16H,1-2,6-7H2,(H,17,19)/t8-,12+/m0/s1. The van der Waals surface area contributed by atoms with Crippen LogP contribution in [0.25, 0.3) is 0 Å². The van der Waals surface area contributed by atoms with E-state index in [1.807, 2.05) is 4.90 Å². The Labute approximate surface area is 122 Å². The van der Waals surface area contributed by atoms with Gasteiger partial charge in [0.15, 0.2) is 0 Å². The normalized spacial score (nSPS) is 25.5. The van der Waals surface area contributed by atoms with Crippen LogP contribution in [0.15, 0.2) is 18.2 Å². The first-order chi connectivity index (χ1) is 9.13. The van der Waals surface area contributed by atoms with Crippen molar-refractivity contribution in [3.8, 4) is 0 Å². The summed E-state index contributed by atoms with van der Waals surface area (Å²) in [5.74, 6) is 0.591. The first-order valence-corrected chi connectivity index (χ1v) is 7.13. The Morgan fingerprint density at radius 1 is 1.26 bits per heavy atom. The minimum absolute atomic E-state index is 0.0745. The van der Waals surface area contributed by atoms with Gasteiger partial charge in [0.25, 0.3) is 0 Å². The van der Waals surface area contributed by atoms with Gasteiger partial charge in [-0.1, -0.05) is 23.2 Å². The maximum Gasteiger partial charge on any atom is 0.322 e. The maximum atomic E-state index is 12.3. The highest BCUT2D eigenvalue weighted by molar-refractivity contribution is 6.35. The zero-order valence-corrected chi connectivity index (χ0v) is 11.8. The van der Waals surface area contributed by atoms with E-state index in [0.29, 0.717) is 27.7 Å². The lowest BCUT2D eigenvalue weighted by atomic mass is 10.1. The van der Waals surface area contributed by atoms with Crippen molar-refractivity contribution in [3.63, 3.8) is 0 Å². The number of carbonyl (C=O) groups excluding carboxylic acids is 1. The molecule has 0 aromatic heterocycles. The molecule has 2 amide bonds. The molecule has 2 saturated heterocycles. The molecule has 1 aromatic carbocycles. The van der Waals surface area contributed by atoms with E-state index in [4.69, 9.17) is 23.2 Å². The van der Waals surface area contributed by atoms with Crippen LogP contribution in [-0.4, -0.2) is 36.6 Å². The second-order valence-electron chi connectivity index (χ2n) is 5.06. The quantitative estimate of drug-likeness (QED) is 0.837. The number of likely N-dealkylation sites (tertiary alicyclic amines) is 1. The van der Waals surface area contributed by atoms with E-state index < -0.39 is 0 Å². The molecule has 2 N–H and O–H groups in total. The molecule has 0 bridgehead atoms. The smallest absolute Gasteiger partial charge is 0.320 e. The number of fused-ring (bicyclic) bond motifs is 1. The minimum atomic E-state index is -0.0745. The van der Waals surface area contributed by atoms with Crippen molar-refractivity contribution < 1.29 is 4.79 Å². The van der Waals surface area contributed by atoms with Gasteiger partial charge < -0.3 is 15.5 Å². The third-order valence-electron chi connectivity index (χ3n) is 3.82. The van der Waals surface area contributed by atoms with E-state index in [2.05, 4.69) is 10.6 Å². The Balaban J connectivity index is 1.71. The molecule has 2 fully saturated rings. The Hall–Kier alpha value is -0.970. The summed E-state index contributed by atoms with van der Waals surface area (Å²) in [7, 11) is 0. The van der Waals surface area contributed by atoms with Crippen LogP contribution in [0.2, 0.25) is 10.0 Å². The average molecular weight is 300 g/mol. The summed E-state index contributed by atoms with van der Waals surface area (Å²) >= 11 is 11.8. The molecule has 2 aliphatic heterocycles. The lowest BCUT2D eigenvalue weighted by Crippen LogP contribution is -2.41. The zero-order valence-electron chi connectivity index (χ0n) is 10.3. The number of nitrogens with one attached hydrogen (secondary N) is 2. The number of anilines is 1. The van der Waals surface area contributed by atoms with Crippen LogP contribution < -0.4 is 10.6 Å². The predicted molar refractivity (Wildman–Crippen MR) is 77.0 cm³/mol. The van der Waals surface area contributed by atoms with Gasteiger partial charge in [-0.2, -0.15) is 0 Å². The van der Waals surface area contributed by atoms with Crippen LogP contribution >= 0.6 is 23.2 Å². The predicted octanol–water partition coefficient (Wildman–Crippen LogP) is 2.82. The number of benzene rings is 1. The van der Waals surface area contributed by atoms with Gasteiger partial charge in [0, 0.05) is 41.4 Å². The second-order valence-corrected chi connectivity index (χ2v) is 5.93. The third kappa shape index (κ3) is 2.66. The van der Waals surface area contributed by atoms with Gasteiger partial charge in [0.05, 0.1) is 0 Å². The summed E-state index contributed by atoms with van der Waals surface area (Å²) < 4.78 is 0. The molecule has 0 unspecified atom stereocenters. The molecule has 2 atom stereocenters. The molecule has 0 radical (unpaired) electrons. The van der Waals surface area contributed by atoms with Gasteiger partial charge >= 0.3 is 6.03 Å². The number of hydrogen-bond donors (Lipinski definition) is 2. The van der Waals surface area contributed by atoms with Crippen molar-refractivity contribution in [1.29, 1.82) is 0 Å². The van der Waals surface area contributed by atoms with Crippen LogP contribution in [0, 0.1) is 5.92 Å². The number of nitrogens with zero attached hydrogens (tertiary/aromatic N) is 1. The fourth-order valence-electron chi connectivity index (χ4n) is 2.92. The lowest BCUT2D eigenvalue weighted by Gasteiger charge is -2.23. The largest absolute Gasteiger partial charge is 0.322 e. The topological polar surface area (TPSA) is 44.4 Å². The van der Waals surface area contributed by atoms with E-state index in [1.54, 1.807) is 18.2 Å². The van der Waals surface area contributed by atoms with Crippen molar-refractivity contribution >= 4 is 34.9 Å². The number of carbonyl (C=O) groups is 1. The Morgan fingerprint density at radius 2 is 2.00 bits per heavy atom. The van der Waals surface area contributed by atoms with E-state index in [9.17, 15) is 4.79 Å². The fraction of sp³-hybridized carbons (Fsp3) is 0.462. The van der Waals surface area contributed by atoms with Crippen LogP contribution in [-0.2, 0) is 0 Å². The van der Waals surface area contributed by atoms with Crippen molar-refractivity contribution in [2.24, 2.45) is 5.92 Å². The molecule has 19 heavy (non-hydrogen) atoms. The molecule has 0 spiro atoms. The summed E-state index contributed by atoms with van der Waals surface area (Å²) in [6, 6.07) is 5.28. The number of halogens is 2. The summed E-state index contributed by atoms with van der Waals surface area (Å²) in [5, 5.41) is 7.23. The van der Waals surface area contributed by atoms with Crippen LogP contribution in [0.4, 0.5) is 10.5 Å². The first kappa shape index (κ1) is 13.0. The second kappa shape index (κ2) is 5.19. The van der Waals surface area contributed by atoms with Crippen LogP contribution in [0.3, 0.4) is 0 Å². The van der Waals surface area contributed by atoms with Crippen molar-refractivity contribution in [3.05, 3.63) is 28.2 Å². The monoisotopic (exact) mass is 299 g/mol. The third-order valence-corrected chi connectivity index (χ3v) is 4.26. The highest BCUT2D eigenvalue weighted by Gasteiger charge is 2.39. The molecule has 102 valence electrons. The molecule has 3 rings (SSSR count). The maximum absolute atomic E-state index is 12.3. The number of urea groups is 1. The summed E-state index contributed by atoms with van der Waals surface area (Å²) in [6.07, 6.45) is 1.07. The zero-order chi connectivity index (χ0) is 13.4. The molecule has 1 aromatic rings.